The number of carbonyl (C=O) groups excluding carboxylic acids is 1. The number of esters is 1. The van der Waals surface area contributed by atoms with Crippen LogP contribution in [0.4, 0.5) is 0 Å². The molecule has 3 N–H and O–H groups in total. The van der Waals surface area contributed by atoms with Gasteiger partial charge in [-0.15, -0.1) is 0 Å². The van der Waals surface area contributed by atoms with Crippen LogP contribution in [0, 0.1) is 0 Å². The fraction of sp³-hybridized carbons (Fsp3) is 0.558. The molecule has 0 bridgehead atoms. The molecule has 0 aliphatic carbocycles. The Morgan fingerprint density at radius 3 is 1.52 bits per heavy atom. The number of rotatable bonds is 35. The third kappa shape index (κ3) is 38.4. The number of allylic oxidation sites excluding steroid dienone is 17. The fourth-order valence-electron chi connectivity index (χ4n) is 4.47. The molecule has 0 heterocycles. The van der Waals surface area contributed by atoms with E-state index in [2.05, 4.69) is 105 Å². The molecule has 0 spiro atoms. The Hall–Kier alpha value is -2.84. The Kier molecular flexibility index (Phi) is 37.2. The Bertz CT molecular complexity index is 1150. The van der Waals surface area contributed by atoms with E-state index in [0.717, 1.165) is 89.9 Å². The van der Waals surface area contributed by atoms with Crippen LogP contribution in [-0.4, -0.2) is 49.9 Å². The molecule has 0 rings (SSSR count). The van der Waals surface area contributed by atoms with Crippen LogP contribution in [0.3, 0.4) is 0 Å². The zero-order valence-electron chi connectivity index (χ0n) is 32.2. The van der Waals surface area contributed by atoms with Crippen molar-refractivity contribution in [2.45, 2.75) is 123 Å². The maximum Gasteiger partial charge on any atom is 0.472 e. The maximum absolute atomic E-state index is 12.5. The number of phosphoric acid groups is 1. The Morgan fingerprint density at radius 2 is 1.02 bits per heavy atom. The van der Waals surface area contributed by atoms with Gasteiger partial charge >= 0.3 is 13.8 Å². The minimum absolute atomic E-state index is 0.0557. The second-order valence-corrected chi connectivity index (χ2v) is 13.5. The number of hydrogen-bond acceptors (Lipinski definition) is 7. The summed E-state index contributed by atoms with van der Waals surface area (Å²) >= 11 is 0. The predicted octanol–water partition coefficient (Wildman–Crippen LogP) is 11.3. The molecule has 0 aromatic rings. The van der Waals surface area contributed by atoms with Crippen LogP contribution in [0.15, 0.2) is 109 Å². The molecule has 0 saturated heterocycles. The molecule has 0 fully saturated rings. The van der Waals surface area contributed by atoms with Crippen molar-refractivity contribution < 1.29 is 32.8 Å². The Labute approximate surface area is 316 Å². The highest BCUT2D eigenvalue weighted by Crippen LogP contribution is 2.43. The van der Waals surface area contributed by atoms with Crippen molar-refractivity contribution in [1.82, 2.24) is 0 Å². The summed E-state index contributed by atoms with van der Waals surface area (Å²) in [5.41, 5.74) is 5.35. The molecular formula is C43H70NO7P. The van der Waals surface area contributed by atoms with Crippen molar-refractivity contribution in [2.24, 2.45) is 5.73 Å². The van der Waals surface area contributed by atoms with Crippen LogP contribution in [0.25, 0.3) is 0 Å². The first-order chi connectivity index (χ1) is 25.4. The number of nitrogens with two attached hydrogens (primary N) is 1. The smallest absolute Gasteiger partial charge is 0.457 e. The Balaban J connectivity index is 4.28. The average Bonchev–Trinajstić information content (AvgIpc) is 3.13. The summed E-state index contributed by atoms with van der Waals surface area (Å²) in [4.78, 5) is 22.3. The van der Waals surface area contributed by atoms with Gasteiger partial charge in [-0.1, -0.05) is 142 Å². The SMILES string of the molecule is CC/C=C\C/C=C\C/C=C\C/C=C\C/C=C\CC(=O)OC(COCCCCCCC/C=C\C/C=C\C/C=C\C/C=C\CC)COP(=O)(O)OCCN. The first-order valence-electron chi connectivity index (χ1n) is 19.4. The number of hydrogen-bond donors (Lipinski definition) is 2. The largest absolute Gasteiger partial charge is 0.472 e. The highest BCUT2D eigenvalue weighted by Gasteiger charge is 2.25. The van der Waals surface area contributed by atoms with Crippen LogP contribution < -0.4 is 5.73 Å². The summed E-state index contributed by atoms with van der Waals surface area (Å²) in [5.74, 6) is -0.470. The second kappa shape index (κ2) is 39.4. The molecule has 0 saturated carbocycles. The molecule has 0 aromatic carbocycles. The summed E-state index contributed by atoms with van der Waals surface area (Å²) in [6.07, 6.45) is 52.8. The maximum atomic E-state index is 12.5. The third-order valence-corrected chi connectivity index (χ3v) is 8.20. The van der Waals surface area contributed by atoms with Crippen LogP contribution >= 0.6 is 7.82 Å². The lowest BCUT2D eigenvalue weighted by molar-refractivity contribution is -0.153. The lowest BCUT2D eigenvalue weighted by Crippen LogP contribution is -2.28. The monoisotopic (exact) mass is 743 g/mol. The lowest BCUT2D eigenvalue weighted by Gasteiger charge is -2.19. The molecule has 8 nitrogen and oxygen atoms in total. The quantitative estimate of drug-likeness (QED) is 0.0285. The highest BCUT2D eigenvalue weighted by atomic mass is 31.2. The summed E-state index contributed by atoms with van der Waals surface area (Å²) < 4.78 is 33.2. The van der Waals surface area contributed by atoms with Crippen LogP contribution in [0.1, 0.15) is 117 Å². The van der Waals surface area contributed by atoms with Gasteiger partial charge in [-0.05, 0) is 77.0 Å². The van der Waals surface area contributed by atoms with Crippen molar-refractivity contribution in [3.8, 4) is 0 Å². The average molecular weight is 744 g/mol. The van der Waals surface area contributed by atoms with Crippen molar-refractivity contribution in [3.63, 3.8) is 0 Å². The first kappa shape index (κ1) is 49.2. The van der Waals surface area contributed by atoms with E-state index in [0.29, 0.717) is 13.0 Å². The molecular weight excluding hydrogens is 673 g/mol. The lowest BCUT2D eigenvalue weighted by atomic mass is 10.1. The van der Waals surface area contributed by atoms with E-state index in [1.54, 1.807) is 6.08 Å². The van der Waals surface area contributed by atoms with Gasteiger partial charge in [0.05, 0.1) is 26.2 Å². The summed E-state index contributed by atoms with van der Waals surface area (Å²) in [5, 5.41) is 0. The zero-order chi connectivity index (χ0) is 38.1. The van der Waals surface area contributed by atoms with Gasteiger partial charge in [0, 0.05) is 13.2 Å². The highest BCUT2D eigenvalue weighted by molar-refractivity contribution is 7.47. The van der Waals surface area contributed by atoms with Gasteiger partial charge in [0.25, 0.3) is 0 Å². The summed E-state index contributed by atoms with van der Waals surface area (Å²) in [6, 6.07) is 0. The van der Waals surface area contributed by atoms with E-state index in [4.69, 9.17) is 24.3 Å². The van der Waals surface area contributed by atoms with Gasteiger partial charge in [0.15, 0.2) is 0 Å². The van der Waals surface area contributed by atoms with E-state index < -0.39 is 19.9 Å². The van der Waals surface area contributed by atoms with Crippen molar-refractivity contribution in [3.05, 3.63) is 109 Å². The summed E-state index contributed by atoms with van der Waals surface area (Å²) in [6.45, 7) is 4.46. The molecule has 52 heavy (non-hydrogen) atoms. The molecule has 9 heteroatoms. The van der Waals surface area contributed by atoms with E-state index in [1.807, 2.05) is 12.2 Å². The topological polar surface area (TPSA) is 117 Å². The van der Waals surface area contributed by atoms with E-state index in [9.17, 15) is 14.3 Å². The number of unbranched alkanes of at least 4 members (excludes halogenated alkanes) is 5. The molecule has 2 unspecified atom stereocenters. The van der Waals surface area contributed by atoms with Crippen LogP contribution in [0.5, 0.6) is 0 Å². The van der Waals surface area contributed by atoms with Crippen LogP contribution in [-0.2, 0) is 27.9 Å². The van der Waals surface area contributed by atoms with Crippen LogP contribution in [0.2, 0.25) is 0 Å². The molecule has 2 atom stereocenters. The minimum Gasteiger partial charge on any atom is -0.457 e. The molecule has 0 aliphatic heterocycles. The standard InChI is InChI=1S/C43H70NO7P/c1-3-5-7-9-11-13-15-17-19-20-21-23-25-27-29-31-33-35-38-48-40-42(41-50-52(46,47)49-39-37-44)51-43(45)36-34-32-30-28-26-24-22-18-16-14-12-10-8-6-4-2/h5-8,11-14,17-19,21-23,26,28,32,34,42H,3-4,9-10,15-16,20,24-25,27,29-31,33,35-41,44H2,1-2H3,(H,46,47)/b7-5-,8-6-,13-11-,14-12-,19-17-,22-18-,23-21-,28-26-,34-32-. The van der Waals surface area contributed by atoms with Gasteiger partial charge in [-0.2, -0.15) is 0 Å². The van der Waals surface area contributed by atoms with Gasteiger partial charge in [-0.25, -0.2) is 4.57 Å². The number of ether oxygens (including phenoxy) is 2. The van der Waals surface area contributed by atoms with Crippen molar-refractivity contribution in [2.75, 3.05) is 33.0 Å². The summed E-state index contributed by atoms with van der Waals surface area (Å²) in [7, 11) is -4.31. The normalized spacial score (nSPS) is 14.8. The zero-order valence-corrected chi connectivity index (χ0v) is 33.1. The van der Waals surface area contributed by atoms with Gasteiger partial charge in [-0.3, -0.25) is 13.8 Å². The van der Waals surface area contributed by atoms with E-state index >= 15 is 0 Å². The van der Waals surface area contributed by atoms with Gasteiger partial charge in [0.2, 0.25) is 0 Å². The van der Waals surface area contributed by atoms with E-state index in [1.165, 1.54) is 0 Å². The minimum atomic E-state index is -4.31. The van der Waals surface area contributed by atoms with Crippen molar-refractivity contribution in [1.29, 1.82) is 0 Å². The second-order valence-electron chi connectivity index (χ2n) is 12.0. The third-order valence-electron chi connectivity index (χ3n) is 7.22. The van der Waals surface area contributed by atoms with Gasteiger partial charge < -0.3 is 20.1 Å². The predicted molar refractivity (Wildman–Crippen MR) is 219 cm³/mol. The molecule has 0 aromatic heterocycles. The van der Waals surface area contributed by atoms with Gasteiger partial charge in [0.1, 0.15) is 6.10 Å². The fourth-order valence-corrected chi connectivity index (χ4v) is 5.24. The van der Waals surface area contributed by atoms with Crippen molar-refractivity contribution >= 4 is 13.8 Å². The molecule has 0 aliphatic rings. The molecule has 294 valence electrons. The number of phosphoric ester groups is 1. The first-order valence-corrected chi connectivity index (χ1v) is 20.9. The number of carbonyl (C=O) groups is 1. The molecule has 0 amide bonds. The van der Waals surface area contributed by atoms with E-state index in [-0.39, 0.29) is 32.8 Å². The Morgan fingerprint density at radius 1 is 0.577 bits per heavy atom. The molecule has 0 radical (unpaired) electrons.